The number of nitrogens with one attached hydrogen (secondary N) is 1. The molecule has 0 spiro atoms. The molecule has 2 rings (SSSR count). The number of amides is 2. The Balaban J connectivity index is 2.34. The van der Waals surface area contributed by atoms with Gasteiger partial charge in [-0.3, -0.25) is 9.59 Å². The van der Waals surface area contributed by atoms with E-state index in [1.807, 2.05) is 6.92 Å². The Bertz CT molecular complexity index is 702. The minimum absolute atomic E-state index is 0.245. The molecule has 0 bridgehead atoms. The van der Waals surface area contributed by atoms with Crippen LogP contribution in [-0.2, 0) is 9.59 Å². The van der Waals surface area contributed by atoms with Gasteiger partial charge in [0.2, 0.25) is 5.91 Å². The van der Waals surface area contributed by atoms with Crippen LogP contribution in [0.4, 0.5) is 0 Å². The van der Waals surface area contributed by atoms with Gasteiger partial charge in [0.15, 0.2) is 5.17 Å². The summed E-state index contributed by atoms with van der Waals surface area (Å²) >= 11 is 13.2. The predicted octanol–water partition coefficient (Wildman–Crippen LogP) is 3.50. The second-order valence-electron chi connectivity index (χ2n) is 4.25. The molecule has 1 aromatic carbocycles. The average Bonchev–Trinajstić information content (AvgIpc) is 2.73. The van der Waals surface area contributed by atoms with Gasteiger partial charge in [-0.25, -0.2) is 0 Å². The maximum Gasteiger partial charge on any atom is 0.286 e. The molecule has 8 heteroatoms. The second kappa shape index (κ2) is 7.17. The molecule has 0 aliphatic carbocycles. The van der Waals surface area contributed by atoms with Gasteiger partial charge in [0.1, 0.15) is 5.75 Å². The van der Waals surface area contributed by atoms with Gasteiger partial charge in [-0.1, -0.05) is 23.2 Å². The third-order valence-corrected chi connectivity index (χ3v) is 3.91. The standard InChI is InChI=1S/C14H12Cl2N2O3S/c1-3-21-12-8(4-9(15)6-10(12)16)5-11-13(20)18-14(22-11)17-7(2)19/h4-6H,3H2,1-2H3,(H,17,18,19,20)/b11-5+. The Morgan fingerprint density at radius 3 is 2.82 bits per heavy atom. The molecule has 1 N–H and O–H groups in total. The zero-order valence-electron chi connectivity index (χ0n) is 11.8. The number of hydrogen-bond acceptors (Lipinski definition) is 4. The average molecular weight is 359 g/mol. The van der Waals surface area contributed by atoms with Crippen LogP contribution in [0, 0.1) is 0 Å². The fourth-order valence-electron chi connectivity index (χ4n) is 1.74. The highest BCUT2D eigenvalue weighted by molar-refractivity contribution is 8.18. The Labute approximate surface area is 141 Å². The first kappa shape index (κ1) is 16.9. The summed E-state index contributed by atoms with van der Waals surface area (Å²) in [6, 6.07) is 3.22. The number of nitrogens with zero attached hydrogens (tertiary/aromatic N) is 1. The smallest absolute Gasteiger partial charge is 0.286 e. The molecule has 0 atom stereocenters. The third-order valence-electron chi connectivity index (χ3n) is 2.52. The lowest BCUT2D eigenvalue weighted by molar-refractivity contribution is -0.117. The molecule has 0 saturated heterocycles. The number of aliphatic imine (C=N–C) groups is 1. The highest BCUT2D eigenvalue weighted by Crippen LogP contribution is 2.36. The van der Waals surface area contributed by atoms with Crippen molar-refractivity contribution in [1.82, 2.24) is 5.32 Å². The Morgan fingerprint density at radius 2 is 2.18 bits per heavy atom. The van der Waals surface area contributed by atoms with E-state index in [4.69, 9.17) is 27.9 Å². The second-order valence-corrected chi connectivity index (χ2v) is 6.13. The largest absolute Gasteiger partial charge is 0.492 e. The van der Waals surface area contributed by atoms with E-state index in [1.54, 1.807) is 18.2 Å². The van der Waals surface area contributed by atoms with Crippen LogP contribution < -0.4 is 10.1 Å². The van der Waals surface area contributed by atoms with E-state index < -0.39 is 5.91 Å². The van der Waals surface area contributed by atoms with Crippen LogP contribution in [0.3, 0.4) is 0 Å². The summed E-state index contributed by atoms with van der Waals surface area (Å²) in [5.41, 5.74) is 0.578. The number of amidine groups is 1. The number of carbonyl (C=O) groups excluding carboxylic acids is 2. The Kier molecular flexibility index (Phi) is 5.50. The monoisotopic (exact) mass is 358 g/mol. The Morgan fingerprint density at radius 1 is 1.45 bits per heavy atom. The lowest BCUT2D eigenvalue weighted by atomic mass is 10.2. The maximum absolute atomic E-state index is 11.9. The molecule has 22 heavy (non-hydrogen) atoms. The van der Waals surface area contributed by atoms with Crippen molar-refractivity contribution >= 4 is 58.0 Å². The molecule has 0 saturated carbocycles. The van der Waals surface area contributed by atoms with Gasteiger partial charge in [-0.05, 0) is 36.9 Å². The molecular weight excluding hydrogens is 347 g/mol. The number of halogens is 2. The summed E-state index contributed by atoms with van der Waals surface area (Å²) in [7, 11) is 0. The molecule has 1 aliphatic rings. The van der Waals surface area contributed by atoms with E-state index in [1.165, 1.54) is 6.92 Å². The van der Waals surface area contributed by atoms with E-state index in [2.05, 4.69) is 10.3 Å². The molecule has 1 aliphatic heterocycles. The molecule has 0 fully saturated rings. The van der Waals surface area contributed by atoms with E-state index in [-0.39, 0.29) is 11.1 Å². The quantitative estimate of drug-likeness (QED) is 0.839. The first-order chi connectivity index (χ1) is 10.4. The van der Waals surface area contributed by atoms with Crippen LogP contribution in [-0.4, -0.2) is 23.6 Å². The van der Waals surface area contributed by atoms with Gasteiger partial charge < -0.3 is 10.1 Å². The fourth-order valence-corrected chi connectivity index (χ4v) is 3.15. The molecule has 5 nitrogen and oxygen atoms in total. The summed E-state index contributed by atoms with van der Waals surface area (Å²) < 4.78 is 5.50. The van der Waals surface area contributed by atoms with Crippen molar-refractivity contribution in [3.05, 3.63) is 32.6 Å². The SMILES string of the molecule is CCOc1c(Cl)cc(Cl)cc1/C=C1/SC(NC(C)=O)=NC1=O. The number of thioether (sulfide) groups is 1. The van der Waals surface area contributed by atoms with Crippen molar-refractivity contribution in [2.45, 2.75) is 13.8 Å². The van der Waals surface area contributed by atoms with Crippen LogP contribution in [0.15, 0.2) is 22.0 Å². The van der Waals surface area contributed by atoms with Crippen molar-refractivity contribution in [2.24, 2.45) is 4.99 Å². The van der Waals surface area contributed by atoms with Gasteiger partial charge >= 0.3 is 0 Å². The predicted molar refractivity (Wildman–Crippen MR) is 89.5 cm³/mol. The van der Waals surface area contributed by atoms with Crippen LogP contribution in [0.25, 0.3) is 6.08 Å². The van der Waals surface area contributed by atoms with E-state index in [0.717, 1.165) is 11.8 Å². The van der Waals surface area contributed by atoms with Crippen molar-refractivity contribution < 1.29 is 14.3 Å². The zero-order chi connectivity index (χ0) is 16.3. The van der Waals surface area contributed by atoms with Gasteiger partial charge in [0.25, 0.3) is 5.91 Å². The van der Waals surface area contributed by atoms with E-state index in [9.17, 15) is 9.59 Å². The molecular formula is C14H12Cl2N2O3S. The molecule has 0 radical (unpaired) electrons. The number of ether oxygens (including phenoxy) is 1. The molecule has 0 aromatic heterocycles. The third kappa shape index (κ3) is 4.03. The summed E-state index contributed by atoms with van der Waals surface area (Å²) in [6.07, 6.45) is 1.59. The van der Waals surface area contributed by atoms with Gasteiger partial charge in [0.05, 0.1) is 16.5 Å². The lowest BCUT2D eigenvalue weighted by Crippen LogP contribution is -2.23. The van der Waals surface area contributed by atoms with Crippen LogP contribution in [0.5, 0.6) is 5.75 Å². The first-order valence-electron chi connectivity index (χ1n) is 6.32. The lowest BCUT2D eigenvalue weighted by Gasteiger charge is -2.10. The summed E-state index contributed by atoms with van der Waals surface area (Å²) in [5, 5.41) is 3.51. The zero-order valence-corrected chi connectivity index (χ0v) is 14.1. The minimum atomic E-state index is -0.438. The van der Waals surface area contributed by atoms with E-state index >= 15 is 0 Å². The normalized spacial score (nSPS) is 15.9. The van der Waals surface area contributed by atoms with Crippen LogP contribution in [0.2, 0.25) is 10.0 Å². The molecule has 1 aromatic rings. The number of carbonyl (C=O) groups is 2. The van der Waals surface area contributed by atoms with Crippen molar-refractivity contribution in [1.29, 1.82) is 0 Å². The first-order valence-corrected chi connectivity index (χ1v) is 7.90. The van der Waals surface area contributed by atoms with Gasteiger partial charge in [-0.2, -0.15) is 4.99 Å². The molecule has 2 amide bonds. The summed E-state index contributed by atoms with van der Waals surface area (Å²) in [6.45, 7) is 3.60. The van der Waals surface area contributed by atoms with Gasteiger partial charge in [0, 0.05) is 17.5 Å². The Hall–Kier alpha value is -1.50. The summed E-state index contributed by atoms with van der Waals surface area (Å²) in [5.74, 6) is -0.282. The number of benzene rings is 1. The molecule has 116 valence electrons. The van der Waals surface area contributed by atoms with Crippen molar-refractivity contribution in [3.8, 4) is 5.75 Å². The van der Waals surface area contributed by atoms with Crippen molar-refractivity contribution in [3.63, 3.8) is 0 Å². The highest BCUT2D eigenvalue weighted by atomic mass is 35.5. The topological polar surface area (TPSA) is 67.8 Å². The number of rotatable bonds is 3. The maximum atomic E-state index is 11.9. The highest BCUT2D eigenvalue weighted by Gasteiger charge is 2.23. The summed E-state index contributed by atoms with van der Waals surface area (Å²) in [4.78, 5) is 27.0. The van der Waals surface area contributed by atoms with Crippen LogP contribution in [0.1, 0.15) is 19.4 Å². The van der Waals surface area contributed by atoms with Gasteiger partial charge in [-0.15, -0.1) is 0 Å². The van der Waals surface area contributed by atoms with Crippen molar-refractivity contribution in [2.75, 3.05) is 6.61 Å². The minimum Gasteiger partial charge on any atom is -0.492 e. The molecule has 1 heterocycles. The fraction of sp³-hybridized carbons (Fsp3) is 0.214. The number of hydrogen-bond donors (Lipinski definition) is 1. The van der Waals surface area contributed by atoms with E-state index in [0.29, 0.717) is 32.9 Å². The van der Waals surface area contributed by atoms with Crippen LogP contribution >= 0.6 is 35.0 Å². The molecule has 0 unspecified atom stereocenters.